The van der Waals surface area contributed by atoms with Crippen molar-refractivity contribution >= 4 is 60.7 Å². The molecule has 0 unspecified atom stereocenters. The molecular weight excluding hydrogens is 839 g/mol. The summed E-state index contributed by atoms with van der Waals surface area (Å²) in [6.45, 7) is 1.41. The number of aliphatic hydroxyl groups excluding tert-OH is 4. The molecule has 1 saturated heterocycles. The lowest BCUT2D eigenvalue weighted by Gasteiger charge is -2.43. The Morgan fingerprint density at radius 3 is 2.29 bits per heavy atom. The number of carbonyl (C=O) groups excluding carboxylic acids is 2. The molecule has 5 atom stereocenters. The van der Waals surface area contributed by atoms with E-state index in [0.717, 1.165) is 36.8 Å². The highest BCUT2D eigenvalue weighted by molar-refractivity contribution is 7.89. The van der Waals surface area contributed by atoms with E-state index in [9.17, 15) is 48.5 Å². The number of unbranched alkanes of at least 4 members (excludes halogenated alkanes) is 6. The molecule has 346 valence electrons. The monoisotopic (exact) mass is 899 g/mol. The molecule has 21 heteroatoms. The SMILES string of the molecule is CN(C)c1cccc2c(S(=O)(=O)N[C@@H](CCCCN3C[C@H](O)[C@@H](O)[C@H](O)[C@H]3CO)C(=O)NCCCCCC(=O)NCCCCCCNc3ccc([N+](=O)[O-])c4nonc34)cccc12. The summed E-state index contributed by atoms with van der Waals surface area (Å²) < 4.78 is 35.3. The number of piperidine rings is 1. The van der Waals surface area contributed by atoms with Gasteiger partial charge in [-0.2, -0.15) is 4.72 Å². The number of benzene rings is 3. The predicted octanol–water partition coefficient (Wildman–Crippen LogP) is 2.39. The number of aliphatic hydroxyl groups is 4. The number of anilines is 2. The van der Waals surface area contributed by atoms with Gasteiger partial charge in [0.1, 0.15) is 18.2 Å². The van der Waals surface area contributed by atoms with Crippen molar-refractivity contribution in [3.63, 3.8) is 0 Å². The van der Waals surface area contributed by atoms with Gasteiger partial charge in [0.25, 0.3) is 0 Å². The van der Waals surface area contributed by atoms with Gasteiger partial charge in [0, 0.05) is 69.2 Å². The summed E-state index contributed by atoms with van der Waals surface area (Å²) in [6.07, 6.45) is 2.76. The molecule has 1 aliphatic heterocycles. The number of carbonyl (C=O) groups is 2. The highest BCUT2D eigenvalue weighted by atomic mass is 32.2. The molecule has 1 aliphatic rings. The molecule has 1 fully saturated rings. The van der Waals surface area contributed by atoms with E-state index in [0.29, 0.717) is 74.7 Å². The molecule has 20 nitrogen and oxygen atoms in total. The van der Waals surface area contributed by atoms with E-state index >= 15 is 0 Å². The Hall–Kier alpha value is -5.03. The molecule has 8 N–H and O–H groups in total. The fourth-order valence-electron chi connectivity index (χ4n) is 7.89. The summed E-state index contributed by atoms with van der Waals surface area (Å²) in [6, 6.07) is 11.5. The zero-order valence-corrected chi connectivity index (χ0v) is 36.6. The fraction of sp³-hybridized carbons (Fsp3) is 0.571. The van der Waals surface area contributed by atoms with Gasteiger partial charge in [-0.25, -0.2) is 13.0 Å². The third-order valence-electron chi connectivity index (χ3n) is 11.4. The standard InChI is InChI=1S/C42H61N9O11S/c1-49(2)32-17-12-15-29-28(32)14-13-18-36(29)63(60,61)48-31(16-7-11-25-50-26-35(53)41(56)40(55)34(50)27-52)42(57)45-24-10-5-6-19-37(54)44-23-9-4-3-8-22-43-30-20-21-33(51(58)59)39-38(30)46-62-47-39/h12-15,17-18,20-21,31,34-35,40-41,43,48,52-53,55-56H,3-11,16,19,22-27H2,1-2H3,(H,44,54)(H,45,57)/t31-,34+,35-,40+,41+/m0/s1. The number of aromatic nitrogens is 2. The van der Waals surface area contributed by atoms with Gasteiger partial charge in [0.05, 0.1) is 34.3 Å². The summed E-state index contributed by atoms with van der Waals surface area (Å²) in [5, 5.41) is 69.3. The van der Waals surface area contributed by atoms with Crippen molar-refractivity contribution in [1.82, 2.24) is 30.6 Å². The highest BCUT2D eigenvalue weighted by Crippen LogP contribution is 2.31. The highest BCUT2D eigenvalue weighted by Gasteiger charge is 2.40. The number of likely N-dealkylation sites (tertiary alicyclic amines) is 1. The maximum Gasteiger partial charge on any atom is 0.300 e. The minimum absolute atomic E-state index is 0.0419. The summed E-state index contributed by atoms with van der Waals surface area (Å²) in [7, 11) is -0.444. The summed E-state index contributed by atoms with van der Waals surface area (Å²) in [4.78, 5) is 40.3. The first-order valence-electron chi connectivity index (χ1n) is 21.5. The average Bonchev–Trinajstić information content (AvgIpc) is 3.76. The van der Waals surface area contributed by atoms with Crippen LogP contribution in [0, 0.1) is 10.1 Å². The van der Waals surface area contributed by atoms with Crippen LogP contribution < -0.4 is 25.6 Å². The van der Waals surface area contributed by atoms with Crippen LogP contribution >= 0.6 is 0 Å². The van der Waals surface area contributed by atoms with Gasteiger partial charge in [-0.05, 0) is 73.6 Å². The molecule has 0 aliphatic carbocycles. The van der Waals surface area contributed by atoms with E-state index in [-0.39, 0.29) is 41.5 Å². The van der Waals surface area contributed by atoms with Gasteiger partial charge in [-0.1, -0.05) is 49.9 Å². The maximum absolute atomic E-state index is 14.0. The number of sulfonamides is 1. The molecule has 63 heavy (non-hydrogen) atoms. The van der Waals surface area contributed by atoms with Crippen LogP contribution in [0.15, 0.2) is 58.1 Å². The molecule has 4 aromatic rings. The number of amides is 2. The number of fused-ring (bicyclic) bond motifs is 2. The summed E-state index contributed by atoms with van der Waals surface area (Å²) in [5.41, 5.74) is 1.68. The van der Waals surface area contributed by atoms with Crippen LogP contribution in [0.1, 0.15) is 70.6 Å². The molecular formula is C42H61N9O11S. The predicted molar refractivity (Wildman–Crippen MR) is 237 cm³/mol. The molecule has 3 aromatic carbocycles. The minimum Gasteiger partial charge on any atom is -0.395 e. The van der Waals surface area contributed by atoms with Crippen molar-refractivity contribution in [3.8, 4) is 0 Å². The second kappa shape index (κ2) is 23.6. The zero-order valence-electron chi connectivity index (χ0n) is 35.8. The molecule has 2 heterocycles. The third kappa shape index (κ3) is 13.3. The Balaban J connectivity index is 1.03. The topological polar surface area (TPSA) is 286 Å². The number of hydrogen-bond acceptors (Lipinski definition) is 16. The Kier molecular flexibility index (Phi) is 18.3. The molecule has 0 bridgehead atoms. The number of nitrogens with one attached hydrogen (secondary N) is 4. The van der Waals surface area contributed by atoms with Crippen molar-refractivity contribution in [2.45, 2.75) is 106 Å². The number of nitrogens with zero attached hydrogens (tertiary/aromatic N) is 5. The molecule has 0 radical (unpaired) electrons. The van der Waals surface area contributed by atoms with Gasteiger partial charge in [-0.15, -0.1) is 0 Å². The number of hydrogen-bond donors (Lipinski definition) is 8. The van der Waals surface area contributed by atoms with E-state index in [1.165, 1.54) is 12.1 Å². The normalized spacial score (nSPS) is 18.6. The summed E-state index contributed by atoms with van der Waals surface area (Å²) in [5.74, 6) is -0.544. The quantitative estimate of drug-likeness (QED) is 0.0255. The van der Waals surface area contributed by atoms with E-state index < -0.39 is 57.9 Å². The minimum atomic E-state index is -4.19. The molecule has 1 aromatic heterocycles. The zero-order chi connectivity index (χ0) is 45.5. The van der Waals surface area contributed by atoms with Gasteiger partial charge in [0.15, 0.2) is 5.52 Å². The number of nitro groups is 1. The van der Waals surface area contributed by atoms with Gasteiger partial charge in [0.2, 0.25) is 27.4 Å². The van der Waals surface area contributed by atoms with E-state index in [4.69, 9.17) is 4.63 Å². The molecule has 0 saturated carbocycles. The Labute approximate surface area is 366 Å². The Morgan fingerprint density at radius 1 is 0.873 bits per heavy atom. The lowest BCUT2D eigenvalue weighted by molar-refractivity contribution is -0.383. The van der Waals surface area contributed by atoms with Crippen LogP contribution in [0.2, 0.25) is 0 Å². The van der Waals surface area contributed by atoms with E-state index in [1.807, 2.05) is 31.1 Å². The van der Waals surface area contributed by atoms with Crippen LogP contribution in [0.3, 0.4) is 0 Å². The Morgan fingerprint density at radius 2 is 1.56 bits per heavy atom. The first kappa shape index (κ1) is 49.0. The van der Waals surface area contributed by atoms with Gasteiger partial charge >= 0.3 is 5.69 Å². The van der Waals surface area contributed by atoms with E-state index in [1.54, 1.807) is 29.2 Å². The lowest BCUT2D eigenvalue weighted by atomic mass is 9.94. The number of rotatable bonds is 26. The fourth-order valence-corrected chi connectivity index (χ4v) is 9.34. The molecule has 2 amide bonds. The maximum atomic E-state index is 14.0. The Bertz CT molecular complexity index is 2240. The number of non-ortho nitro benzene ring substituents is 1. The van der Waals surface area contributed by atoms with Crippen molar-refractivity contribution in [1.29, 1.82) is 0 Å². The van der Waals surface area contributed by atoms with Crippen LogP contribution in [0.25, 0.3) is 21.8 Å². The number of β-amino-alcohol motifs (C(OH)–C–C–N with tert-alkyl or cyclic N) is 1. The van der Waals surface area contributed by atoms with Crippen LogP contribution in [-0.4, -0.2) is 145 Å². The van der Waals surface area contributed by atoms with Crippen LogP contribution in [0.5, 0.6) is 0 Å². The van der Waals surface area contributed by atoms with Crippen LogP contribution in [-0.2, 0) is 19.6 Å². The smallest absolute Gasteiger partial charge is 0.300 e. The number of nitro benzene ring substituents is 1. The van der Waals surface area contributed by atoms with Gasteiger partial charge < -0.3 is 41.3 Å². The van der Waals surface area contributed by atoms with E-state index in [2.05, 4.69) is 31.0 Å². The third-order valence-corrected chi connectivity index (χ3v) is 12.9. The largest absolute Gasteiger partial charge is 0.395 e. The molecule has 5 rings (SSSR count). The average molecular weight is 900 g/mol. The van der Waals surface area contributed by atoms with Crippen LogP contribution in [0.4, 0.5) is 17.1 Å². The molecule has 0 spiro atoms. The second-order valence-electron chi connectivity index (χ2n) is 16.1. The van der Waals surface area contributed by atoms with Crippen molar-refractivity contribution in [2.75, 3.05) is 63.6 Å². The van der Waals surface area contributed by atoms with Crippen molar-refractivity contribution < 1.29 is 48.0 Å². The van der Waals surface area contributed by atoms with Gasteiger partial charge in [-0.3, -0.25) is 24.6 Å². The first-order valence-corrected chi connectivity index (χ1v) is 23.0. The lowest BCUT2D eigenvalue weighted by Crippen LogP contribution is -2.62. The first-order chi connectivity index (χ1) is 30.2. The second-order valence-corrected chi connectivity index (χ2v) is 17.8. The van der Waals surface area contributed by atoms with Crippen molar-refractivity contribution in [3.05, 3.63) is 58.6 Å². The summed E-state index contributed by atoms with van der Waals surface area (Å²) >= 11 is 0. The van der Waals surface area contributed by atoms with Crippen molar-refractivity contribution in [2.24, 2.45) is 0 Å².